The molecule has 1 atom stereocenters. The molecule has 0 aromatic carbocycles. The zero-order valence-corrected chi connectivity index (χ0v) is 8.96. The van der Waals surface area contributed by atoms with E-state index in [4.69, 9.17) is 0 Å². The van der Waals surface area contributed by atoms with Crippen LogP contribution in [0.4, 0.5) is 0 Å². The van der Waals surface area contributed by atoms with Gasteiger partial charge in [0.15, 0.2) is 0 Å². The summed E-state index contributed by atoms with van der Waals surface area (Å²) in [5, 5.41) is 4.38. The highest BCUT2D eigenvalue weighted by Gasteiger charge is 2.10. The lowest BCUT2D eigenvalue weighted by Crippen LogP contribution is -1.99. The second-order valence-corrected chi connectivity index (χ2v) is 3.69. The number of aryl methyl sites for hydroxylation is 2. The molecule has 0 N–H and O–H groups in total. The first-order chi connectivity index (χ1) is 6.06. The van der Waals surface area contributed by atoms with Crippen molar-refractivity contribution in [2.45, 2.75) is 27.2 Å². The molecule has 0 bridgehead atoms. The van der Waals surface area contributed by atoms with E-state index in [0.717, 1.165) is 12.1 Å². The number of nitrogens with zero attached hydrogens (tertiary/aromatic N) is 2. The molecule has 0 aliphatic carbocycles. The quantitative estimate of drug-likeness (QED) is 0.650. The molecule has 0 spiro atoms. The predicted octanol–water partition coefficient (Wildman–Crippen LogP) is 2.40. The number of allylic oxidation sites excluding steroid dienone is 1. The molecule has 2 nitrogen and oxygen atoms in total. The van der Waals surface area contributed by atoms with E-state index < -0.39 is 0 Å². The third-order valence-corrected chi connectivity index (χ3v) is 2.59. The van der Waals surface area contributed by atoms with Crippen molar-refractivity contribution in [2.75, 3.05) is 0 Å². The van der Waals surface area contributed by atoms with Crippen molar-refractivity contribution >= 4 is 0 Å². The Balaban J connectivity index is 2.93. The topological polar surface area (TPSA) is 17.8 Å². The van der Waals surface area contributed by atoms with Gasteiger partial charge >= 0.3 is 0 Å². The lowest BCUT2D eigenvalue weighted by atomic mass is 10.00. The van der Waals surface area contributed by atoms with Crippen LogP contribution in [0, 0.1) is 19.8 Å². The summed E-state index contributed by atoms with van der Waals surface area (Å²) < 4.78 is 1.94. The van der Waals surface area contributed by atoms with Crippen LogP contribution in [0.1, 0.15) is 23.9 Å². The van der Waals surface area contributed by atoms with Gasteiger partial charge in [0, 0.05) is 12.7 Å². The largest absolute Gasteiger partial charge is 0.272 e. The molecule has 0 fully saturated rings. The molecule has 1 unspecified atom stereocenters. The average Bonchev–Trinajstić information content (AvgIpc) is 2.32. The van der Waals surface area contributed by atoms with Crippen molar-refractivity contribution in [3.05, 3.63) is 29.6 Å². The van der Waals surface area contributed by atoms with Crippen LogP contribution in [0.25, 0.3) is 0 Å². The number of aromatic nitrogens is 2. The van der Waals surface area contributed by atoms with Crippen molar-refractivity contribution in [3.63, 3.8) is 0 Å². The monoisotopic (exact) mass is 178 g/mol. The highest BCUT2D eigenvalue weighted by molar-refractivity contribution is 5.25. The van der Waals surface area contributed by atoms with Gasteiger partial charge in [-0.15, -0.1) is 6.58 Å². The highest BCUT2D eigenvalue weighted by atomic mass is 15.3. The first-order valence-corrected chi connectivity index (χ1v) is 4.68. The Bertz CT molecular complexity index is 310. The van der Waals surface area contributed by atoms with Crippen molar-refractivity contribution in [1.29, 1.82) is 0 Å². The Morgan fingerprint density at radius 2 is 2.15 bits per heavy atom. The summed E-state index contributed by atoms with van der Waals surface area (Å²) in [5.41, 5.74) is 3.79. The summed E-state index contributed by atoms with van der Waals surface area (Å²) in [6.45, 7) is 10.2. The van der Waals surface area contributed by atoms with Gasteiger partial charge in [0.2, 0.25) is 0 Å². The molecule has 1 aromatic heterocycles. The minimum absolute atomic E-state index is 0.529. The normalized spacial score (nSPS) is 12.9. The first kappa shape index (κ1) is 10.0. The van der Waals surface area contributed by atoms with Crippen LogP contribution in [0.15, 0.2) is 12.7 Å². The molecular formula is C11H18N2. The fourth-order valence-electron chi connectivity index (χ4n) is 1.52. The van der Waals surface area contributed by atoms with Crippen molar-refractivity contribution in [2.24, 2.45) is 13.0 Å². The summed E-state index contributed by atoms with van der Waals surface area (Å²) >= 11 is 0. The summed E-state index contributed by atoms with van der Waals surface area (Å²) in [7, 11) is 1.99. The maximum absolute atomic E-state index is 4.38. The lowest BCUT2D eigenvalue weighted by molar-refractivity contribution is 0.709. The average molecular weight is 178 g/mol. The van der Waals surface area contributed by atoms with Gasteiger partial charge in [-0.2, -0.15) is 5.10 Å². The van der Waals surface area contributed by atoms with Crippen molar-refractivity contribution in [1.82, 2.24) is 9.78 Å². The minimum atomic E-state index is 0.529. The third-order valence-electron chi connectivity index (χ3n) is 2.59. The van der Waals surface area contributed by atoms with Crippen LogP contribution in [0.3, 0.4) is 0 Å². The minimum Gasteiger partial charge on any atom is -0.272 e. The van der Waals surface area contributed by atoms with Crippen molar-refractivity contribution < 1.29 is 0 Å². The molecule has 1 heterocycles. The van der Waals surface area contributed by atoms with Gasteiger partial charge in [0.25, 0.3) is 0 Å². The molecule has 0 aliphatic rings. The molecular weight excluding hydrogens is 160 g/mol. The molecule has 0 saturated carbocycles. The summed E-state index contributed by atoms with van der Waals surface area (Å²) in [6.07, 6.45) is 3.04. The van der Waals surface area contributed by atoms with Gasteiger partial charge in [-0.3, -0.25) is 4.68 Å². The zero-order chi connectivity index (χ0) is 10.0. The summed E-state index contributed by atoms with van der Waals surface area (Å²) in [4.78, 5) is 0. The highest BCUT2D eigenvalue weighted by Crippen LogP contribution is 2.16. The smallest absolute Gasteiger partial charge is 0.0628 e. The number of hydrogen-bond acceptors (Lipinski definition) is 1. The van der Waals surface area contributed by atoms with E-state index >= 15 is 0 Å². The van der Waals surface area contributed by atoms with Gasteiger partial charge in [-0.1, -0.05) is 13.0 Å². The Kier molecular flexibility index (Phi) is 2.91. The molecule has 13 heavy (non-hydrogen) atoms. The Morgan fingerprint density at radius 1 is 1.54 bits per heavy atom. The van der Waals surface area contributed by atoms with Crippen LogP contribution in [0.2, 0.25) is 0 Å². The summed E-state index contributed by atoms with van der Waals surface area (Å²) in [6, 6.07) is 0. The van der Waals surface area contributed by atoms with Gasteiger partial charge < -0.3 is 0 Å². The third kappa shape index (κ3) is 2.00. The Morgan fingerprint density at radius 3 is 2.54 bits per heavy atom. The first-order valence-electron chi connectivity index (χ1n) is 4.68. The number of hydrogen-bond donors (Lipinski definition) is 0. The van der Waals surface area contributed by atoms with Crippen LogP contribution in [0.5, 0.6) is 0 Å². The molecule has 0 aliphatic heterocycles. The molecule has 0 radical (unpaired) electrons. The van der Waals surface area contributed by atoms with E-state index in [1.54, 1.807) is 0 Å². The second kappa shape index (κ2) is 3.77. The van der Waals surface area contributed by atoms with E-state index in [1.807, 2.05) is 17.8 Å². The molecule has 1 rings (SSSR count). The van der Waals surface area contributed by atoms with Crippen LogP contribution >= 0.6 is 0 Å². The van der Waals surface area contributed by atoms with Crippen LogP contribution < -0.4 is 0 Å². The van der Waals surface area contributed by atoms with Gasteiger partial charge in [-0.25, -0.2) is 0 Å². The Labute approximate surface area is 80.3 Å². The fourth-order valence-corrected chi connectivity index (χ4v) is 1.52. The molecule has 1 aromatic rings. The fraction of sp³-hybridized carbons (Fsp3) is 0.545. The molecule has 0 amide bonds. The van der Waals surface area contributed by atoms with E-state index in [9.17, 15) is 0 Å². The lowest BCUT2D eigenvalue weighted by Gasteiger charge is -2.05. The maximum atomic E-state index is 4.38. The van der Waals surface area contributed by atoms with Gasteiger partial charge in [0.1, 0.15) is 0 Å². The SMILES string of the molecule is C=CC(C)Cc1c(C)nn(C)c1C. The maximum Gasteiger partial charge on any atom is 0.0628 e. The zero-order valence-electron chi connectivity index (χ0n) is 8.96. The molecule has 0 saturated heterocycles. The predicted molar refractivity (Wildman–Crippen MR) is 55.7 cm³/mol. The molecule has 2 heteroatoms. The van der Waals surface area contributed by atoms with Crippen LogP contribution in [-0.4, -0.2) is 9.78 Å². The number of rotatable bonds is 3. The van der Waals surface area contributed by atoms with Crippen LogP contribution in [-0.2, 0) is 13.5 Å². The van der Waals surface area contributed by atoms with Gasteiger partial charge in [0.05, 0.1) is 5.69 Å². The summed E-state index contributed by atoms with van der Waals surface area (Å²) in [5.74, 6) is 0.529. The second-order valence-electron chi connectivity index (χ2n) is 3.69. The molecule has 72 valence electrons. The van der Waals surface area contributed by atoms with E-state index in [1.165, 1.54) is 11.3 Å². The Hall–Kier alpha value is -1.05. The van der Waals surface area contributed by atoms with Gasteiger partial charge in [-0.05, 0) is 31.7 Å². The van der Waals surface area contributed by atoms with E-state index in [0.29, 0.717) is 5.92 Å². The van der Waals surface area contributed by atoms with Crippen molar-refractivity contribution in [3.8, 4) is 0 Å². The van der Waals surface area contributed by atoms with E-state index in [-0.39, 0.29) is 0 Å². The standard InChI is InChI=1S/C11H18N2/c1-6-8(2)7-11-9(3)12-13(5)10(11)4/h6,8H,1,7H2,2-5H3. The van der Waals surface area contributed by atoms with E-state index in [2.05, 4.69) is 32.4 Å².